The number of halogens is 3. The van der Waals surface area contributed by atoms with Gasteiger partial charge < -0.3 is 26.2 Å². The number of hydrogen-bond donors (Lipinski definition) is 5. The van der Waals surface area contributed by atoms with E-state index in [4.69, 9.17) is 5.11 Å². The Morgan fingerprint density at radius 2 is 1.76 bits per heavy atom. The Kier molecular flexibility index (Phi) is 6.68. The van der Waals surface area contributed by atoms with E-state index >= 15 is 0 Å². The molecule has 0 atom stereocenters. The van der Waals surface area contributed by atoms with Crippen molar-refractivity contribution in [1.82, 2.24) is 0 Å². The number of nitrogens with one attached hydrogen (secondary N) is 3. The highest BCUT2D eigenvalue weighted by atomic mass is 79.9. The van der Waals surface area contributed by atoms with E-state index in [-0.39, 0.29) is 17.9 Å². The lowest BCUT2D eigenvalue weighted by Gasteiger charge is -2.13. The van der Waals surface area contributed by atoms with Crippen LogP contribution in [0.15, 0.2) is 34.8 Å². The van der Waals surface area contributed by atoms with Crippen LogP contribution in [0, 0.1) is 11.6 Å². The summed E-state index contributed by atoms with van der Waals surface area (Å²) in [4.78, 5) is 12.1. The fraction of sp³-hybridized carbons (Fsp3) is 0.188. The molecule has 0 unspecified atom stereocenters. The molecule has 0 saturated carbocycles. The molecule has 0 saturated heterocycles. The minimum Gasteiger partial charge on any atom is -0.395 e. The standard InChI is InChI=1S/C16H16BrF2N3O3/c17-9-3-11(20-1-2-23)7-12(4-9)21-16(25)22-15-6-10(18)5-14(19)13(15)8-24/h3-7,20,23-24H,1-2,8H2,(H2,21,22,25). The van der Waals surface area contributed by atoms with Gasteiger partial charge in [0, 0.05) is 34.0 Å². The van der Waals surface area contributed by atoms with Gasteiger partial charge in [0.25, 0.3) is 0 Å². The van der Waals surface area contributed by atoms with Gasteiger partial charge in [-0.1, -0.05) is 15.9 Å². The van der Waals surface area contributed by atoms with Crippen LogP contribution in [0.5, 0.6) is 0 Å². The van der Waals surface area contributed by atoms with E-state index in [1.54, 1.807) is 18.2 Å². The molecule has 2 amide bonds. The highest BCUT2D eigenvalue weighted by molar-refractivity contribution is 9.10. The number of aliphatic hydroxyl groups excluding tert-OH is 2. The second-order valence-corrected chi connectivity index (χ2v) is 5.95. The second kappa shape index (κ2) is 8.75. The van der Waals surface area contributed by atoms with Crippen molar-refractivity contribution in [2.75, 3.05) is 29.1 Å². The lowest BCUT2D eigenvalue weighted by Crippen LogP contribution is -2.21. The van der Waals surface area contributed by atoms with Crippen LogP contribution >= 0.6 is 15.9 Å². The number of benzene rings is 2. The molecule has 0 fully saturated rings. The Morgan fingerprint density at radius 1 is 1.04 bits per heavy atom. The molecule has 9 heteroatoms. The van der Waals surface area contributed by atoms with Gasteiger partial charge in [0.1, 0.15) is 11.6 Å². The van der Waals surface area contributed by atoms with Crippen LogP contribution in [0.25, 0.3) is 0 Å². The Morgan fingerprint density at radius 3 is 2.44 bits per heavy atom. The molecule has 2 aromatic carbocycles. The number of urea groups is 1. The SMILES string of the molecule is O=C(Nc1cc(Br)cc(NCCO)c1)Nc1cc(F)cc(F)c1CO. The minimum absolute atomic E-state index is 0.0508. The van der Waals surface area contributed by atoms with Crippen molar-refractivity contribution in [2.45, 2.75) is 6.61 Å². The van der Waals surface area contributed by atoms with Crippen LogP contribution in [0.1, 0.15) is 5.56 Å². The maximum Gasteiger partial charge on any atom is 0.323 e. The molecule has 134 valence electrons. The van der Waals surface area contributed by atoms with Crippen LogP contribution in [-0.4, -0.2) is 29.4 Å². The molecule has 2 rings (SSSR count). The van der Waals surface area contributed by atoms with Gasteiger partial charge in [-0.15, -0.1) is 0 Å². The summed E-state index contributed by atoms with van der Waals surface area (Å²) in [5, 5.41) is 25.8. The summed E-state index contributed by atoms with van der Waals surface area (Å²) in [5.74, 6) is -1.82. The van der Waals surface area contributed by atoms with Crippen LogP contribution in [0.2, 0.25) is 0 Å². The molecule has 0 aliphatic rings. The molecule has 0 heterocycles. The quantitative estimate of drug-likeness (QED) is 0.500. The van der Waals surface area contributed by atoms with Crippen molar-refractivity contribution < 1.29 is 23.8 Å². The molecule has 0 aromatic heterocycles. The lowest BCUT2D eigenvalue weighted by molar-refractivity contribution is 0.261. The third-order valence-corrected chi connectivity index (χ3v) is 3.62. The summed E-state index contributed by atoms with van der Waals surface area (Å²) in [6.07, 6.45) is 0. The molecular weight excluding hydrogens is 400 g/mol. The molecule has 0 aliphatic carbocycles. The van der Waals surface area contributed by atoms with Crippen LogP contribution in [-0.2, 0) is 6.61 Å². The summed E-state index contributed by atoms with van der Waals surface area (Å²) in [7, 11) is 0. The number of rotatable bonds is 6. The van der Waals surface area contributed by atoms with Crippen LogP contribution in [0.3, 0.4) is 0 Å². The van der Waals surface area contributed by atoms with Crippen molar-refractivity contribution in [1.29, 1.82) is 0 Å². The minimum atomic E-state index is -0.948. The van der Waals surface area contributed by atoms with Gasteiger partial charge in [-0.25, -0.2) is 13.6 Å². The first-order valence-corrected chi connectivity index (χ1v) is 8.04. The van der Waals surface area contributed by atoms with Crippen molar-refractivity contribution >= 4 is 39.0 Å². The van der Waals surface area contributed by atoms with E-state index in [2.05, 4.69) is 31.9 Å². The average Bonchev–Trinajstić information content (AvgIpc) is 2.51. The number of anilines is 3. The second-order valence-electron chi connectivity index (χ2n) is 5.03. The van der Waals surface area contributed by atoms with Crippen LogP contribution in [0.4, 0.5) is 30.6 Å². The lowest BCUT2D eigenvalue weighted by atomic mass is 10.1. The van der Waals surface area contributed by atoms with E-state index in [9.17, 15) is 18.7 Å². The summed E-state index contributed by atoms with van der Waals surface area (Å²) in [5.41, 5.74) is 0.698. The van der Waals surface area contributed by atoms with Gasteiger partial charge in [-0.3, -0.25) is 0 Å². The molecule has 0 bridgehead atoms. The van der Waals surface area contributed by atoms with Gasteiger partial charge in [-0.2, -0.15) is 0 Å². The largest absolute Gasteiger partial charge is 0.395 e. The number of hydrogen-bond acceptors (Lipinski definition) is 4. The molecule has 5 N–H and O–H groups in total. The normalized spacial score (nSPS) is 10.4. The number of carbonyl (C=O) groups excluding carboxylic acids is 1. The van der Waals surface area contributed by atoms with Crippen molar-refractivity contribution in [3.05, 3.63) is 52.0 Å². The molecule has 0 radical (unpaired) electrons. The van der Waals surface area contributed by atoms with Crippen molar-refractivity contribution in [2.24, 2.45) is 0 Å². The molecule has 0 spiro atoms. The Bertz CT molecular complexity index is 775. The van der Waals surface area contributed by atoms with Gasteiger partial charge in [0.15, 0.2) is 0 Å². The number of carbonyl (C=O) groups is 1. The Hall–Kier alpha value is -2.23. The zero-order chi connectivity index (χ0) is 18.4. The fourth-order valence-electron chi connectivity index (χ4n) is 2.12. The highest BCUT2D eigenvalue weighted by Gasteiger charge is 2.13. The average molecular weight is 416 g/mol. The number of aliphatic hydroxyl groups is 2. The number of amides is 2. The van der Waals surface area contributed by atoms with E-state index in [0.717, 1.165) is 6.07 Å². The first kappa shape index (κ1) is 19.1. The first-order valence-electron chi connectivity index (χ1n) is 7.25. The predicted molar refractivity (Wildman–Crippen MR) is 94.6 cm³/mol. The van der Waals surface area contributed by atoms with Gasteiger partial charge >= 0.3 is 6.03 Å². The first-order chi connectivity index (χ1) is 11.9. The molecule has 0 aliphatic heterocycles. The molecule has 25 heavy (non-hydrogen) atoms. The van der Waals surface area contributed by atoms with E-state index in [0.29, 0.717) is 28.5 Å². The molecule has 2 aromatic rings. The van der Waals surface area contributed by atoms with E-state index < -0.39 is 24.3 Å². The van der Waals surface area contributed by atoms with Gasteiger partial charge in [0.2, 0.25) is 0 Å². The fourth-order valence-corrected chi connectivity index (χ4v) is 2.62. The predicted octanol–water partition coefficient (Wildman–Crippen LogP) is 3.27. The Balaban J connectivity index is 2.14. The van der Waals surface area contributed by atoms with E-state index in [1.807, 2.05) is 0 Å². The molecular formula is C16H16BrF2N3O3. The maximum absolute atomic E-state index is 13.6. The maximum atomic E-state index is 13.6. The third kappa shape index (κ3) is 5.38. The highest BCUT2D eigenvalue weighted by Crippen LogP contribution is 2.24. The van der Waals surface area contributed by atoms with Gasteiger partial charge in [0.05, 0.1) is 18.9 Å². The summed E-state index contributed by atoms with van der Waals surface area (Å²) in [6.45, 7) is -0.400. The summed E-state index contributed by atoms with van der Waals surface area (Å²) >= 11 is 3.30. The zero-order valence-corrected chi connectivity index (χ0v) is 14.5. The topological polar surface area (TPSA) is 93.6 Å². The molecule has 6 nitrogen and oxygen atoms in total. The van der Waals surface area contributed by atoms with Crippen LogP contribution < -0.4 is 16.0 Å². The van der Waals surface area contributed by atoms with Crippen molar-refractivity contribution in [3.8, 4) is 0 Å². The van der Waals surface area contributed by atoms with E-state index in [1.165, 1.54) is 0 Å². The summed E-state index contributed by atoms with van der Waals surface area (Å²) < 4.78 is 27.6. The van der Waals surface area contributed by atoms with Crippen molar-refractivity contribution in [3.63, 3.8) is 0 Å². The third-order valence-electron chi connectivity index (χ3n) is 3.16. The monoisotopic (exact) mass is 415 g/mol. The zero-order valence-electron chi connectivity index (χ0n) is 12.9. The Labute approximate surface area is 151 Å². The summed E-state index contributed by atoms with van der Waals surface area (Å²) in [6, 6.07) is 5.82. The van der Waals surface area contributed by atoms with Gasteiger partial charge in [-0.05, 0) is 24.3 Å². The smallest absolute Gasteiger partial charge is 0.323 e.